The molecule has 1 heterocycles. The molecule has 1 N–H and O–H groups in total. The average molecular weight is 230 g/mol. The largest absolute Gasteiger partial charge is 0.395 e. The molecule has 1 aromatic rings. The maximum absolute atomic E-state index is 12.8. The number of aromatic nitrogens is 2. The molecule has 1 unspecified atom stereocenters. The van der Waals surface area contributed by atoms with Crippen LogP contribution < -0.4 is 0 Å². The van der Waals surface area contributed by atoms with E-state index in [1.807, 2.05) is 0 Å². The van der Waals surface area contributed by atoms with E-state index in [1.54, 1.807) is 0 Å². The van der Waals surface area contributed by atoms with Crippen LogP contribution in [-0.2, 0) is 0 Å². The average Bonchev–Trinajstić information content (AvgIpc) is 2.49. The van der Waals surface area contributed by atoms with Gasteiger partial charge in [-0.15, -0.1) is 0 Å². The summed E-state index contributed by atoms with van der Waals surface area (Å²) in [5.41, 5.74) is 0. The quantitative estimate of drug-likeness (QED) is 0.806. The fourth-order valence-corrected chi connectivity index (χ4v) is 0.977. The molecule has 1 atom stereocenters. The van der Waals surface area contributed by atoms with Gasteiger partial charge in [-0.3, -0.25) is 0 Å². The molecule has 1 aromatic heterocycles. The lowest BCUT2D eigenvalue weighted by Crippen LogP contribution is -2.35. The van der Waals surface area contributed by atoms with Crippen LogP contribution in [-0.4, -0.2) is 27.0 Å². The van der Waals surface area contributed by atoms with Crippen molar-refractivity contribution in [2.24, 2.45) is 0 Å². The van der Waals surface area contributed by atoms with Gasteiger partial charge in [0.15, 0.2) is 0 Å². The zero-order chi connectivity index (χ0) is 11.7. The van der Waals surface area contributed by atoms with Crippen molar-refractivity contribution < 1.29 is 27.1 Å². The van der Waals surface area contributed by atoms with E-state index in [0.29, 0.717) is 4.68 Å². The van der Waals surface area contributed by atoms with E-state index >= 15 is 0 Å². The summed E-state index contributed by atoms with van der Waals surface area (Å²) >= 11 is 0. The lowest BCUT2D eigenvalue weighted by molar-refractivity contribution is -0.231. The molecule has 15 heavy (non-hydrogen) atoms. The molecule has 86 valence electrons. The van der Waals surface area contributed by atoms with Crippen LogP contribution in [0.4, 0.5) is 22.0 Å². The third-order valence-electron chi connectivity index (χ3n) is 1.59. The molecule has 0 radical (unpaired) electrons. The highest BCUT2D eigenvalue weighted by Gasteiger charge is 2.49. The Bertz CT molecular complexity index is 308. The number of rotatable bonds is 3. The lowest BCUT2D eigenvalue weighted by Gasteiger charge is -2.23. The third-order valence-corrected chi connectivity index (χ3v) is 1.59. The maximum Gasteiger partial charge on any atom is 0.395 e. The molecule has 0 aliphatic heterocycles. The molecule has 0 spiro atoms. The summed E-state index contributed by atoms with van der Waals surface area (Å²) in [5.74, 6) is -4.30. The molecule has 0 fully saturated rings. The topological polar surface area (TPSA) is 38.0 Å². The zero-order valence-electron chi connectivity index (χ0n) is 7.25. The first-order valence-corrected chi connectivity index (χ1v) is 3.84. The molecule has 0 bridgehead atoms. The number of hydrogen-bond acceptors (Lipinski definition) is 2. The Morgan fingerprint density at radius 3 is 2.27 bits per heavy atom. The van der Waals surface area contributed by atoms with E-state index in [-0.39, 0.29) is 0 Å². The first-order chi connectivity index (χ1) is 6.72. The van der Waals surface area contributed by atoms with Crippen molar-refractivity contribution in [2.75, 3.05) is 0 Å². The molecule has 3 nitrogen and oxygen atoms in total. The highest BCUT2D eigenvalue weighted by atomic mass is 19.4. The first kappa shape index (κ1) is 11.9. The second-order valence-electron chi connectivity index (χ2n) is 2.91. The zero-order valence-corrected chi connectivity index (χ0v) is 7.25. The minimum absolute atomic E-state index is 0.367. The van der Waals surface area contributed by atoms with E-state index in [4.69, 9.17) is 5.11 Å². The van der Waals surface area contributed by atoms with Gasteiger partial charge in [0.25, 0.3) is 0 Å². The van der Waals surface area contributed by atoms with Gasteiger partial charge in [-0.1, -0.05) is 0 Å². The Balaban J connectivity index is 2.78. The molecule has 0 aliphatic rings. The first-order valence-electron chi connectivity index (χ1n) is 3.84. The summed E-state index contributed by atoms with van der Waals surface area (Å²) in [5, 5.41) is 12.2. The van der Waals surface area contributed by atoms with Gasteiger partial charge in [0, 0.05) is 12.4 Å². The predicted molar refractivity (Wildman–Crippen MR) is 39.1 cm³/mol. The molecule has 0 saturated carbocycles. The Morgan fingerprint density at radius 2 is 1.87 bits per heavy atom. The van der Waals surface area contributed by atoms with E-state index in [2.05, 4.69) is 5.10 Å². The molecule has 8 heteroatoms. The Hall–Kier alpha value is -1.18. The summed E-state index contributed by atoms with van der Waals surface area (Å²) in [6.45, 7) is 0. The van der Waals surface area contributed by atoms with Crippen molar-refractivity contribution in [2.45, 2.75) is 24.7 Å². The molecule has 0 aromatic carbocycles. The Kier molecular flexibility index (Phi) is 2.98. The van der Waals surface area contributed by atoms with Crippen LogP contribution in [0.15, 0.2) is 18.5 Å². The monoisotopic (exact) mass is 230 g/mol. The second-order valence-corrected chi connectivity index (χ2v) is 2.91. The fraction of sp³-hybridized carbons (Fsp3) is 0.571. The minimum Gasteiger partial charge on any atom is -0.367 e. The normalized spacial score (nSPS) is 15.3. The van der Waals surface area contributed by atoms with Crippen molar-refractivity contribution in [3.8, 4) is 0 Å². The number of aliphatic hydroxyl groups is 1. The number of nitrogens with zero attached hydrogens (tertiary/aromatic N) is 2. The van der Waals surface area contributed by atoms with Crippen LogP contribution in [0.1, 0.15) is 12.6 Å². The van der Waals surface area contributed by atoms with Gasteiger partial charge < -0.3 is 5.11 Å². The van der Waals surface area contributed by atoms with Gasteiger partial charge in [-0.05, 0) is 6.07 Å². The standard InChI is InChI=1S/C7H7F5N2O/c8-6(9,4-7(10,11)12)5(15)14-3-1-2-13-14/h1-3,5,15H,4H2. The minimum atomic E-state index is -5.04. The molecule has 0 aliphatic carbocycles. The van der Waals surface area contributed by atoms with Crippen LogP contribution in [0.5, 0.6) is 0 Å². The van der Waals surface area contributed by atoms with E-state index in [9.17, 15) is 22.0 Å². The highest BCUT2D eigenvalue weighted by molar-refractivity contribution is 4.84. The van der Waals surface area contributed by atoms with Crippen molar-refractivity contribution in [3.05, 3.63) is 18.5 Å². The smallest absolute Gasteiger partial charge is 0.367 e. The van der Waals surface area contributed by atoms with Crippen molar-refractivity contribution >= 4 is 0 Å². The number of alkyl halides is 5. The molecular formula is C7H7F5N2O. The van der Waals surface area contributed by atoms with E-state index in [1.165, 1.54) is 6.07 Å². The highest BCUT2D eigenvalue weighted by Crippen LogP contribution is 2.37. The molecule has 1 rings (SSSR count). The maximum atomic E-state index is 12.8. The SMILES string of the molecule is OC(n1cccn1)C(F)(F)CC(F)(F)F. The van der Waals surface area contributed by atoms with Crippen LogP contribution in [0.3, 0.4) is 0 Å². The van der Waals surface area contributed by atoms with Gasteiger partial charge in [0.05, 0.1) is 0 Å². The number of hydrogen-bond donors (Lipinski definition) is 1. The second kappa shape index (κ2) is 3.76. The van der Waals surface area contributed by atoms with E-state index in [0.717, 1.165) is 12.4 Å². The molecular weight excluding hydrogens is 223 g/mol. The number of halogens is 5. The van der Waals surface area contributed by atoms with Crippen LogP contribution in [0.2, 0.25) is 0 Å². The van der Waals surface area contributed by atoms with Gasteiger partial charge >= 0.3 is 12.1 Å². The summed E-state index contributed by atoms with van der Waals surface area (Å²) in [4.78, 5) is 0. The van der Waals surface area contributed by atoms with Crippen molar-refractivity contribution in [1.29, 1.82) is 0 Å². The van der Waals surface area contributed by atoms with Gasteiger partial charge in [-0.2, -0.15) is 18.3 Å². The lowest BCUT2D eigenvalue weighted by atomic mass is 10.2. The summed E-state index contributed by atoms with van der Waals surface area (Å²) < 4.78 is 61.3. The van der Waals surface area contributed by atoms with Gasteiger partial charge in [0.1, 0.15) is 6.42 Å². The van der Waals surface area contributed by atoms with Gasteiger partial charge in [-0.25, -0.2) is 13.5 Å². The predicted octanol–water partition coefficient (Wildman–Crippen LogP) is 1.96. The van der Waals surface area contributed by atoms with Crippen molar-refractivity contribution in [3.63, 3.8) is 0 Å². The summed E-state index contributed by atoms with van der Waals surface area (Å²) in [6.07, 6.45) is -8.02. The van der Waals surface area contributed by atoms with Crippen LogP contribution >= 0.6 is 0 Å². The van der Waals surface area contributed by atoms with E-state index < -0.39 is 24.7 Å². The van der Waals surface area contributed by atoms with Gasteiger partial charge in [0.2, 0.25) is 6.23 Å². The Morgan fingerprint density at radius 1 is 1.27 bits per heavy atom. The molecule has 0 amide bonds. The van der Waals surface area contributed by atoms with Crippen molar-refractivity contribution in [1.82, 2.24) is 9.78 Å². The fourth-order valence-electron chi connectivity index (χ4n) is 0.977. The number of aliphatic hydroxyl groups excluding tert-OH is 1. The van der Waals surface area contributed by atoms with Crippen LogP contribution in [0.25, 0.3) is 0 Å². The summed E-state index contributed by atoms with van der Waals surface area (Å²) in [6, 6.07) is 1.22. The third kappa shape index (κ3) is 3.15. The summed E-state index contributed by atoms with van der Waals surface area (Å²) in [7, 11) is 0. The molecule has 0 saturated heterocycles. The Labute approximate surface area is 81.1 Å². The van der Waals surface area contributed by atoms with Crippen LogP contribution in [0, 0.1) is 0 Å².